The second-order valence-corrected chi connectivity index (χ2v) is 4.77. The third-order valence-corrected chi connectivity index (χ3v) is 3.41. The zero-order valence-corrected chi connectivity index (χ0v) is 10.4. The van der Waals surface area contributed by atoms with Crippen molar-refractivity contribution in [1.29, 1.82) is 0 Å². The van der Waals surface area contributed by atoms with Crippen LogP contribution in [0.1, 0.15) is 23.1 Å². The van der Waals surface area contributed by atoms with E-state index in [4.69, 9.17) is 10.5 Å². The Morgan fingerprint density at radius 1 is 1.17 bits per heavy atom. The molecule has 0 radical (unpaired) electrons. The third-order valence-electron chi connectivity index (χ3n) is 3.41. The van der Waals surface area contributed by atoms with E-state index in [2.05, 4.69) is 17.1 Å². The third kappa shape index (κ3) is 2.04. The summed E-state index contributed by atoms with van der Waals surface area (Å²) in [5.41, 5.74) is 10.4. The molecule has 0 aliphatic heterocycles. The molecular formula is C15H16N2O. The summed E-state index contributed by atoms with van der Waals surface area (Å²) in [6.07, 6.45) is 5.31. The van der Waals surface area contributed by atoms with Crippen molar-refractivity contribution < 1.29 is 4.74 Å². The zero-order valence-electron chi connectivity index (χ0n) is 10.4. The lowest BCUT2D eigenvalue weighted by Gasteiger charge is -2.08. The number of benzene rings is 1. The molecule has 3 rings (SSSR count). The van der Waals surface area contributed by atoms with Crippen LogP contribution < -0.4 is 10.5 Å². The Morgan fingerprint density at radius 3 is 2.83 bits per heavy atom. The van der Waals surface area contributed by atoms with Crippen LogP contribution in [0.4, 0.5) is 5.69 Å². The molecule has 0 fully saturated rings. The molecule has 0 spiro atoms. The van der Waals surface area contributed by atoms with Crippen molar-refractivity contribution in [2.75, 3.05) is 5.73 Å². The number of aryl methyl sites for hydroxylation is 3. The Bertz CT molecular complexity index is 593. The molecule has 1 aliphatic carbocycles. The molecule has 2 aromatic rings. The van der Waals surface area contributed by atoms with E-state index in [-0.39, 0.29) is 0 Å². The van der Waals surface area contributed by atoms with E-state index in [9.17, 15) is 0 Å². The molecule has 1 aromatic carbocycles. The molecule has 1 aliphatic rings. The molecule has 0 bridgehead atoms. The van der Waals surface area contributed by atoms with Gasteiger partial charge in [0.15, 0.2) is 0 Å². The van der Waals surface area contributed by atoms with Crippen molar-refractivity contribution in [3.63, 3.8) is 0 Å². The van der Waals surface area contributed by atoms with Gasteiger partial charge >= 0.3 is 0 Å². The van der Waals surface area contributed by atoms with E-state index in [0.717, 1.165) is 17.7 Å². The summed E-state index contributed by atoms with van der Waals surface area (Å²) in [4.78, 5) is 4.23. The number of hydrogen-bond donors (Lipinski definition) is 1. The van der Waals surface area contributed by atoms with Gasteiger partial charge in [0.05, 0.1) is 0 Å². The molecular weight excluding hydrogens is 224 g/mol. The Hall–Kier alpha value is -2.03. The van der Waals surface area contributed by atoms with Crippen LogP contribution in [0.3, 0.4) is 0 Å². The molecule has 92 valence electrons. The highest BCUT2D eigenvalue weighted by atomic mass is 16.5. The summed E-state index contributed by atoms with van der Waals surface area (Å²) in [7, 11) is 0. The van der Waals surface area contributed by atoms with E-state index in [1.807, 2.05) is 13.0 Å². The maximum absolute atomic E-state index is 5.84. The van der Waals surface area contributed by atoms with Gasteiger partial charge in [-0.15, -0.1) is 0 Å². The molecule has 18 heavy (non-hydrogen) atoms. The van der Waals surface area contributed by atoms with Gasteiger partial charge in [-0.05, 0) is 55.0 Å². The Balaban J connectivity index is 1.85. The summed E-state index contributed by atoms with van der Waals surface area (Å²) in [6, 6.07) is 8.03. The van der Waals surface area contributed by atoms with Gasteiger partial charge < -0.3 is 10.5 Å². The van der Waals surface area contributed by atoms with E-state index in [1.165, 1.54) is 24.0 Å². The minimum atomic E-state index is 0.552. The van der Waals surface area contributed by atoms with Gasteiger partial charge in [-0.3, -0.25) is 0 Å². The molecule has 0 unspecified atom stereocenters. The fourth-order valence-electron chi connectivity index (χ4n) is 2.31. The van der Waals surface area contributed by atoms with Crippen LogP contribution in [0.15, 0.2) is 30.5 Å². The van der Waals surface area contributed by atoms with Crippen LogP contribution in [0.25, 0.3) is 0 Å². The van der Waals surface area contributed by atoms with Crippen molar-refractivity contribution in [2.45, 2.75) is 26.2 Å². The normalized spacial score (nSPS) is 13.4. The number of pyridine rings is 1. The molecule has 3 heteroatoms. The molecule has 3 nitrogen and oxygen atoms in total. The minimum absolute atomic E-state index is 0.552. The van der Waals surface area contributed by atoms with Crippen molar-refractivity contribution in [2.24, 2.45) is 0 Å². The first-order valence-electron chi connectivity index (χ1n) is 6.24. The average Bonchev–Trinajstić information content (AvgIpc) is 2.81. The molecule has 0 atom stereocenters. The molecule has 0 saturated heterocycles. The fraction of sp³-hybridized carbons (Fsp3) is 0.267. The quantitative estimate of drug-likeness (QED) is 0.876. The number of anilines is 1. The predicted octanol–water partition coefficient (Wildman–Crippen LogP) is 3.25. The number of nitrogen functional groups attached to an aromatic ring is 1. The van der Waals surface area contributed by atoms with E-state index in [1.54, 1.807) is 12.3 Å². The number of hydrogen-bond acceptors (Lipinski definition) is 3. The maximum Gasteiger partial charge on any atom is 0.221 e. The smallest absolute Gasteiger partial charge is 0.221 e. The summed E-state index contributed by atoms with van der Waals surface area (Å²) >= 11 is 0. The van der Waals surface area contributed by atoms with Crippen LogP contribution in [0.2, 0.25) is 0 Å². The first-order valence-corrected chi connectivity index (χ1v) is 6.24. The number of rotatable bonds is 2. The number of nitrogens with zero attached hydrogens (tertiary/aromatic N) is 1. The van der Waals surface area contributed by atoms with Crippen LogP contribution in [0, 0.1) is 6.92 Å². The van der Waals surface area contributed by atoms with Crippen molar-refractivity contribution in [1.82, 2.24) is 4.98 Å². The predicted molar refractivity (Wildman–Crippen MR) is 71.9 cm³/mol. The number of nitrogens with two attached hydrogens (primary N) is 1. The SMILES string of the molecule is Cc1cnc(Oc2ccc3c(c2)CCC3)cc1N. The number of ether oxygens (including phenoxy) is 1. The topological polar surface area (TPSA) is 48.1 Å². The number of aromatic nitrogens is 1. The van der Waals surface area contributed by atoms with Gasteiger partial charge in [0.25, 0.3) is 0 Å². The molecule has 1 aromatic heterocycles. The lowest BCUT2D eigenvalue weighted by Crippen LogP contribution is -1.94. The monoisotopic (exact) mass is 240 g/mol. The standard InChI is InChI=1S/C15H16N2O/c1-10-9-17-15(8-14(10)16)18-13-6-5-11-3-2-4-12(11)7-13/h5-9H,2-4H2,1H3,(H2,16,17). The zero-order chi connectivity index (χ0) is 12.5. The van der Waals surface area contributed by atoms with E-state index >= 15 is 0 Å². The van der Waals surface area contributed by atoms with Crippen molar-refractivity contribution >= 4 is 5.69 Å². The van der Waals surface area contributed by atoms with Crippen LogP contribution in [-0.4, -0.2) is 4.98 Å². The highest BCUT2D eigenvalue weighted by molar-refractivity contribution is 5.48. The maximum atomic E-state index is 5.84. The first-order chi connectivity index (χ1) is 8.72. The summed E-state index contributed by atoms with van der Waals surface area (Å²) in [5, 5.41) is 0. The summed E-state index contributed by atoms with van der Waals surface area (Å²) < 4.78 is 5.75. The largest absolute Gasteiger partial charge is 0.439 e. The second-order valence-electron chi connectivity index (χ2n) is 4.77. The van der Waals surface area contributed by atoms with Crippen LogP contribution >= 0.6 is 0 Å². The van der Waals surface area contributed by atoms with E-state index < -0.39 is 0 Å². The second kappa shape index (κ2) is 4.33. The highest BCUT2D eigenvalue weighted by Crippen LogP contribution is 2.29. The lowest BCUT2D eigenvalue weighted by atomic mass is 10.1. The van der Waals surface area contributed by atoms with Crippen LogP contribution in [-0.2, 0) is 12.8 Å². The van der Waals surface area contributed by atoms with Gasteiger partial charge in [0.2, 0.25) is 5.88 Å². The molecule has 0 saturated carbocycles. The highest BCUT2D eigenvalue weighted by Gasteiger charge is 2.11. The molecule has 1 heterocycles. The van der Waals surface area contributed by atoms with Gasteiger partial charge in [0.1, 0.15) is 5.75 Å². The Labute approximate surface area is 107 Å². The van der Waals surface area contributed by atoms with E-state index in [0.29, 0.717) is 11.6 Å². The Morgan fingerprint density at radius 2 is 2.00 bits per heavy atom. The van der Waals surface area contributed by atoms with Gasteiger partial charge in [-0.2, -0.15) is 0 Å². The van der Waals surface area contributed by atoms with Crippen molar-refractivity contribution in [3.05, 3.63) is 47.2 Å². The molecule has 2 N–H and O–H groups in total. The van der Waals surface area contributed by atoms with Crippen LogP contribution in [0.5, 0.6) is 11.6 Å². The summed E-state index contributed by atoms with van der Waals surface area (Å²) in [5.74, 6) is 1.39. The number of fused-ring (bicyclic) bond motifs is 1. The molecule has 0 amide bonds. The lowest BCUT2D eigenvalue weighted by molar-refractivity contribution is 0.462. The first kappa shape index (κ1) is 11.1. The fourth-order valence-corrected chi connectivity index (χ4v) is 2.31. The van der Waals surface area contributed by atoms with Crippen molar-refractivity contribution in [3.8, 4) is 11.6 Å². The summed E-state index contributed by atoms with van der Waals surface area (Å²) in [6.45, 7) is 1.93. The Kier molecular flexibility index (Phi) is 2.67. The minimum Gasteiger partial charge on any atom is -0.439 e. The van der Waals surface area contributed by atoms with Gasteiger partial charge in [0, 0.05) is 18.0 Å². The van der Waals surface area contributed by atoms with Gasteiger partial charge in [-0.25, -0.2) is 4.98 Å². The average molecular weight is 240 g/mol. The van der Waals surface area contributed by atoms with Gasteiger partial charge in [-0.1, -0.05) is 6.07 Å².